The molecule has 3 N–H and O–H groups in total. The van der Waals surface area contributed by atoms with Crippen LogP contribution in [0.25, 0.3) is 11.0 Å². The van der Waals surface area contributed by atoms with Crippen molar-refractivity contribution >= 4 is 32.8 Å². The summed E-state index contributed by atoms with van der Waals surface area (Å²) in [5.41, 5.74) is 1.13. The molecule has 5 rings (SSSR count). The van der Waals surface area contributed by atoms with Crippen LogP contribution in [0, 0.1) is 5.41 Å². The number of nitrogens with zero attached hydrogens (tertiary/aromatic N) is 4. The Morgan fingerprint density at radius 2 is 2.00 bits per heavy atom. The first kappa shape index (κ1) is 19.1. The maximum Gasteiger partial charge on any atom is 0.270 e. The van der Waals surface area contributed by atoms with Crippen molar-refractivity contribution < 1.29 is 13.2 Å². The van der Waals surface area contributed by atoms with Gasteiger partial charge in [-0.3, -0.25) is 4.79 Å². The average Bonchev–Trinajstić information content (AvgIpc) is 3.15. The lowest BCUT2D eigenvalue weighted by molar-refractivity contribution is 0.0735. The Labute approximate surface area is 173 Å². The Kier molecular flexibility index (Phi) is 4.33. The first-order valence-corrected chi connectivity index (χ1v) is 11.3. The van der Waals surface area contributed by atoms with Crippen molar-refractivity contribution in [2.24, 2.45) is 5.41 Å². The zero-order chi connectivity index (χ0) is 20.9. The summed E-state index contributed by atoms with van der Waals surface area (Å²) in [5, 5.41) is 0.959. The number of hydrogen-bond acceptors (Lipinski definition) is 6. The quantitative estimate of drug-likeness (QED) is 0.566. The standard InChI is InChI=1S/C19H23N7O3S/c1-20-30(28,29)15-3-2-14(24-15)18(27)26-9-8-25(10-19(11-26)5-6-19)17-13-4-7-21-16(13)22-12-23-17/h2-4,7,12,20,24H,5-6,8-11H2,1H3,(H,21,22,23). The normalized spacial score (nSPS) is 18.7. The summed E-state index contributed by atoms with van der Waals surface area (Å²) in [6, 6.07) is 4.92. The van der Waals surface area contributed by atoms with Gasteiger partial charge in [-0.25, -0.2) is 23.1 Å². The number of anilines is 1. The Balaban J connectivity index is 1.40. The van der Waals surface area contributed by atoms with Crippen LogP contribution < -0.4 is 9.62 Å². The summed E-state index contributed by atoms with van der Waals surface area (Å²) < 4.78 is 26.2. The molecule has 0 bridgehead atoms. The third-order valence-electron chi connectivity index (χ3n) is 6.02. The maximum atomic E-state index is 13.1. The second kappa shape index (κ2) is 6.81. The van der Waals surface area contributed by atoms with E-state index in [-0.39, 0.29) is 22.0 Å². The van der Waals surface area contributed by atoms with E-state index in [1.165, 1.54) is 19.2 Å². The third-order valence-corrected chi connectivity index (χ3v) is 7.37. The van der Waals surface area contributed by atoms with Gasteiger partial charge in [0.1, 0.15) is 28.5 Å². The molecule has 0 aromatic carbocycles. The molecule has 4 heterocycles. The molecule has 0 atom stereocenters. The van der Waals surface area contributed by atoms with E-state index in [1.807, 2.05) is 17.2 Å². The minimum atomic E-state index is -3.62. The highest BCUT2D eigenvalue weighted by molar-refractivity contribution is 7.89. The molecule has 158 valence electrons. The van der Waals surface area contributed by atoms with Crippen molar-refractivity contribution in [1.29, 1.82) is 0 Å². The second-order valence-corrected chi connectivity index (χ2v) is 9.88. The van der Waals surface area contributed by atoms with Gasteiger partial charge in [-0.2, -0.15) is 0 Å². The van der Waals surface area contributed by atoms with Gasteiger partial charge in [0.05, 0.1) is 5.39 Å². The summed E-state index contributed by atoms with van der Waals surface area (Å²) in [5.74, 6) is 0.694. The van der Waals surface area contributed by atoms with Crippen LogP contribution in [-0.2, 0) is 10.0 Å². The fourth-order valence-corrected chi connectivity index (χ4v) is 4.87. The van der Waals surface area contributed by atoms with Gasteiger partial charge in [0.25, 0.3) is 15.9 Å². The molecule has 11 heteroatoms. The predicted octanol–water partition coefficient (Wildman–Crippen LogP) is 0.937. The molecular formula is C19H23N7O3S. The van der Waals surface area contributed by atoms with Gasteiger partial charge in [0.15, 0.2) is 0 Å². The minimum Gasteiger partial charge on any atom is -0.354 e. The number of aromatic amines is 2. The Hall–Kier alpha value is -2.92. The van der Waals surface area contributed by atoms with E-state index in [1.54, 1.807) is 6.33 Å². The lowest BCUT2D eigenvalue weighted by Gasteiger charge is -2.25. The van der Waals surface area contributed by atoms with E-state index >= 15 is 0 Å². The van der Waals surface area contributed by atoms with E-state index in [0.29, 0.717) is 19.6 Å². The summed E-state index contributed by atoms with van der Waals surface area (Å²) >= 11 is 0. The minimum absolute atomic E-state index is 0.0123. The molecule has 1 saturated heterocycles. The molecular weight excluding hydrogens is 406 g/mol. The van der Waals surface area contributed by atoms with Crippen LogP contribution in [-0.4, -0.2) is 72.4 Å². The maximum absolute atomic E-state index is 13.1. The fraction of sp³-hybridized carbons (Fsp3) is 0.421. The topological polar surface area (TPSA) is 127 Å². The lowest BCUT2D eigenvalue weighted by Crippen LogP contribution is -2.37. The summed E-state index contributed by atoms with van der Waals surface area (Å²) in [6.07, 6.45) is 5.52. The predicted molar refractivity (Wildman–Crippen MR) is 111 cm³/mol. The van der Waals surface area contributed by atoms with Gasteiger partial charge in [0, 0.05) is 37.8 Å². The van der Waals surface area contributed by atoms with Gasteiger partial charge in [0.2, 0.25) is 0 Å². The second-order valence-electron chi connectivity index (χ2n) is 8.03. The molecule has 1 spiro atoms. The highest BCUT2D eigenvalue weighted by Gasteiger charge is 2.48. The van der Waals surface area contributed by atoms with E-state index < -0.39 is 10.0 Å². The number of aromatic nitrogens is 4. The van der Waals surface area contributed by atoms with Crippen LogP contribution >= 0.6 is 0 Å². The van der Waals surface area contributed by atoms with Crippen LogP contribution in [0.3, 0.4) is 0 Å². The van der Waals surface area contributed by atoms with Crippen molar-refractivity contribution in [2.75, 3.05) is 38.1 Å². The van der Waals surface area contributed by atoms with Gasteiger partial charge in [-0.1, -0.05) is 0 Å². The fourth-order valence-electron chi connectivity index (χ4n) is 4.15. The SMILES string of the molecule is CNS(=O)(=O)c1ccc(C(=O)N2CCN(c3ncnc4[nH]ccc34)CC3(CC3)C2)[nH]1. The van der Waals surface area contributed by atoms with E-state index in [4.69, 9.17) is 0 Å². The van der Waals surface area contributed by atoms with Gasteiger partial charge >= 0.3 is 0 Å². The lowest BCUT2D eigenvalue weighted by atomic mass is 10.1. The number of amides is 1. The molecule has 1 amide bonds. The number of carbonyl (C=O) groups excluding carboxylic acids is 1. The van der Waals surface area contributed by atoms with Gasteiger partial charge in [-0.15, -0.1) is 0 Å². The Morgan fingerprint density at radius 1 is 1.17 bits per heavy atom. The Morgan fingerprint density at radius 3 is 2.77 bits per heavy atom. The molecule has 1 aliphatic heterocycles. The highest BCUT2D eigenvalue weighted by Crippen LogP contribution is 2.48. The molecule has 3 aromatic rings. The van der Waals surface area contributed by atoms with Crippen LogP contribution in [0.1, 0.15) is 23.3 Å². The molecule has 1 saturated carbocycles. The van der Waals surface area contributed by atoms with E-state index in [0.717, 1.165) is 36.2 Å². The average molecular weight is 430 g/mol. The smallest absolute Gasteiger partial charge is 0.270 e. The number of nitrogens with one attached hydrogen (secondary N) is 3. The number of rotatable bonds is 4. The van der Waals surface area contributed by atoms with Crippen LogP contribution in [0.15, 0.2) is 35.7 Å². The molecule has 2 aliphatic rings. The number of sulfonamides is 1. The van der Waals surface area contributed by atoms with Crippen LogP contribution in [0.5, 0.6) is 0 Å². The molecule has 2 fully saturated rings. The monoisotopic (exact) mass is 429 g/mol. The zero-order valence-corrected chi connectivity index (χ0v) is 17.4. The molecule has 0 unspecified atom stereocenters. The third kappa shape index (κ3) is 3.23. The van der Waals surface area contributed by atoms with Crippen molar-refractivity contribution in [3.63, 3.8) is 0 Å². The first-order valence-electron chi connectivity index (χ1n) is 9.86. The summed E-state index contributed by atoms with van der Waals surface area (Å²) in [7, 11) is -2.28. The van der Waals surface area contributed by atoms with E-state index in [9.17, 15) is 13.2 Å². The molecule has 0 radical (unpaired) electrons. The van der Waals surface area contributed by atoms with Crippen LogP contribution in [0.4, 0.5) is 5.82 Å². The van der Waals surface area contributed by atoms with Crippen molar-refractivity contribution in [3.8, 4) is 0 Å². The van der Waals surface area contributed by atoms with E-state index in [2.05, 4.69) is 29.6 Å². The van der Waals surface area contributed by atoms with Gasteiger partial charge in [-0.05, 0) is 38.1 Å². The van der Waals surface area contributed by atoms with Crippen molar-refractivity contribution in [3.05, 3.63) is 36.4 Å². The van der Waals surface area contributed by atoms with Gasteiger partial charge < -0.3 is 19.8 Å². The summed E-state index contributed by atoms with van der Waals surface area (Å²) in [4.78, 5) is 31.9. The first-order chi connectivity index (χ1) is 14.4. The number of fused-ring (bicyclic) bond motifs is 1. The molecule has 1 aliphatic carbocycles. The molecule has 3 aromatic heterocycles. The molecule has 10 nitrogen and oxygen atoms in total. The zero-order valence-electron chi connectivity index (χ0n) is 16.6. The summed E-state index contributed by atoms with van der Waals surface area (Å²) in [6.45, 7) is 2.66. The largest absolute Gasteiger partial charge is 0.354 e. The number of hydrogen-bond donors (Lipinski definition) is 3. The molecule has 30 heavy (non-hydrogen) atoms. The van der Waals surface area contributed by atoms with Crippen molar-refractivity contribution in [1.82, 2.24) is 29.6 Å². The number of H-pyrrole nitrogens is 2. The van der Waals surface area contributed by atoms with Crippen molar-refractivity contribution in [2.45, 2.75) is 17.9 Å². The van der Waals surface area contributed by atoms with Crippen LogP contribution in [0.2, 0.25) is 0 Å². The highest BCUT2D eigenvalue weighted by atomic mass is 32.2. The Bertz CT molecular complexity index is 1210. The number of carbonyl (C=O) groups is 1.